The molecule has 2 aromatic rings. The Hall–Kier alpha value is -1.66. The fraction of sp³-hybridized carbons (Fsp3) is 0.400. The number of sulfonamides is 1. The molecule has 0 unspecified atom stereocenters. The van der Waals surface area contributed by atoms with Gasteiger partial charge in [0, 0.05) is 12.0 Å². The molecule has 5 nitrogen and oxygen atoms in total. The first-order chi connectivity index (χ1) is 9.75. The predicted molar refractivity (Wildman–Crippen MR) is 83.1 cm³/mol. The van der Waals surface area contributed by atoms with Gasteiger partial charge in [-0.3, -0.25) is 0 Å². The highest BCUT2D eigenvalue weighted by Crippen LogP contribution is 2.28. The number of hydrogen-bond acceptors (Lipinski definition) is 3. The van der Waals surface area contributed by atoms with Crippen LogP contribution in [-0.4, -0.2) is 24.7 Å². The minimum atomic E-state index is -3.54. The van der Waals surface area contributed by atoms with Crippen molar-refractivity contribution in [1.29, 1.82) is 0 Å². The Morgan fingerprint density at radius 1 is 1.19 bits per heavy atom. The molecule has 0 amide bonds. The van der Waals surface area contributed by atoms with Crippen molar-refractivity contribution in [1.82, 2.24) is 14.5 Å². The molecule has 0 spiro atoms. The van der Waals surface area contributed by atoms with Crippen LogP contribution in [0.25, 0.3) is 5.69 Å². The lowest BCUT2D eigenvalue weighted by Gasteiger charge is -2.17. The van der Waals surface area contributed by atoms with E-state index in [1.807, 2.05) is 51.1 Å². The summed E-state index contributed by atoms with van der Waals surface area (Å²) in [6.07, 6.45) is 1.58. The molecule has 0 radical (unpaired) electrons. The molecular formula is C15H21N3O2S. The minimum absolute atomic E-state index is 0.237. The number of hydrogen-bond donors (Lipinski definition) is 1. The number of nitrogens with zero attached hydrogens (tertiary/aromatic N) is 2. The summed E-state index contributed by atoms with van der Waals surface area (Å²) in [5, 5.41) is 4.50. The van der Waals surface area contributed by atoms with E-state index in [1.165, 1.54) is 0 Å². The second kappa shape index (κ2) is 5.61. The van der Waals surface area contributed by atoms with E-state index in [-0.39, 0.29) is 10.3 Å². The Kier molecular flexibility index (Phi) is 4.20. The number of aromatic nitrogens is 2. The van der Waals surface area contributed by atoms with Gasteiger partial charge < -0.3 is 0 Å². The zero-order valence-corrected chi connectivity index (χ0v) is 13.6. The van der Waals surface area contributed by atoms with Crippen LogP contribution < -0.4 is 4.72 Å². The lowest BCUT2D eigenvalue weighted by atomic mass is 9.92. The molecule has 114 valence electrons. The quantitative estimate of drug-likeness (QED) is 0.943. The SMILES string of the molecule is CCNS(=O)(=O)c1cn(-c2ccccc2)nc1C(C)(C)C. The van der Waals surface area contributed by atoms with Crippen LogP contribution in [0.3, 0.4) is 0 Å². The van der Waals surface area contributed by atoms with Gasteiger partial charge in [-0.1, -0.05) is 45.9 Å². The van der Waals surface area contributed by atoms with Gasteiger partial charge in [0.15, 0.2) is 0 Å². The van der Waals surface area contributed by atoms with Gasteiger partial charge in [0.1, 0.15) is 4.90 Å². The Morgan fingerprint density at radius 3 is 2.33 bits per heavy atom. The van der Waals surface area contributed by atoms with E-state index in [9.17, 15) is 8.42 Å². The van der Waals surface area contributed by atoms with Crippen LogP contribution in [0.4, 0.5) is 0 Å². The second-order valence-corrected chi connectivity index (χ2v) is 7.61. The molecule has 6 heteroatoms. The molecule has 0 aliphatic carbocycles. The van der Waals surface area contributed by atoms with Crippen LogP contribution in [0, 0.1) is 0 Å². The third-order valence-corrected chi connectivity index (χ3v) is 4.58. The zero-order valence-electron chi connectivity index (χ0n) is 12.8. The Bertz CT molecular complexity index is 713. The number of nitrogens with one attached hydrogen (secondary N) is 1. The molecular weight excluding hydrogens is 286 g/mol. The summed E-state index contributed by atoms with van der Waals surface area (Å²) in [6.45, 7) is 7.97. The van der Waals surface area contributed by atoms with E-state index in [2.05, 4.69) is 9.82 Å². The fourth-order valence-electron chi connectivity index (χ4n) is 2.06. The molecule has 2 rings (SSSR count). The van der Waals surface area contributed by atoms with Crippen LogP contribution in [-0.2, 0) is 15.4 Å². The van der Waals surface area contributed by atoms with Gasteiger partial charge in [0.2, 0.25) is 10.0 Å². The van der Waals surface area contributed by atoms with E-state index in [4.69, 9.17) is 0 Å². The third kappa shape index (κ3) is 3.33. The molecule has 0 atom stereocenters. The summed E-state index contributed by atoms with van der Waals surface area (Å²) < 4.78 is 28.9. The molecule has 0 bridgehead atoms. The Morgan fingerprint density at radius 2 is 1.81 bits per heavy atom. The average Bonchev–Trinajstić information content (AvgIpc) is 2.85. The molecule has 0 saturated heterocycles. The summed E-state index contributed by atoms with van der Waals surface area (Å²) in [4.78, 5) is 0.237. The van der Waals surface area contributed by atoms with Crippen LogP contribution in [0.15, 0.2) is 41.4 Å². The second-order valence-electron chi connectivity index (χ2n) is 5.87. The smallest absolute Gasteiger partial charge is 0.239 e. The molecule has 21 heavy (non-hydrogen) atoms. The number of benzene rings is 1. The molecule has 1 heterocycles. The van der Waals surface area contributed by atoms with E-state index in [0.717, 1.165) is 5.69 Å². The highest BCUT2D eigenvalue weighted by atomic mass is 32.2. The summed E-state index contributed by atoms with van der Waals surface area (Å²) in [6, 6.07) is 9.48. The van der Waals surface area contributed by atoms with Crippen molar-refractivity contribution >= 4 is 10.0 Å². The van der Waals surface area contributed by atoms with E-state index in [0.29, 0.717) is 12.2 Å². The van der Waals surface area contributed by atoms with Crippen molar-refractivity contribution in [3.63, 3.8) is 0 Å². The van der Waals surface area contributed by atoms with E-state index in [1.54, 1.807) is 17.8 Å². The molecule has 1 aromatic carbocycles. The monoisotopic (exact) mass is 307 g/mol. The molecule has 0 aliphatic rings. The standard InChI is InChI=1S/C15H21N3O2S/c1-5-16-21(19,20)13-11-18(12-9-7-6-8-10-12)17-14(13)15(2,3)4/h6-11,16H,5H2,1-4H3. The maximum Gasteiger partial charge on any atom is 0.244 e. The van der Waals surface area contributed by atoms with Gasteiger partial charge in [0.05, 0.1) is 17.6 Å². The van der Waals surface area contributed by atoms with Crippen molar-refractivity contribution in [3.8, 4) is 5.69 Å². The van der Waals surface area contributed by atoms with Gasteiger partial charge in [-0.15, -0.1) is 0 Å². The lowest BCUT2D eigenvalue weighted by molar-refractivity contribution is 0.539. The largest absolute Gasteiger partial charge is 0.244 e. The lowest BCUT2D eigenvalue weighted by Crippen LogP contribution is -2.26. The van der Waals surface area contributed by atoms with Crippen LogP contribution in [0.1, 0.15) is 33.4 Å². The van der Waals surface area contributed by atoms with E-state index >= 15 is 0 Å². The molecule has 0 aliphatic heterocycles. The van der Waals surface area contributed by atoms with Crippen molar-refractivity contribution in [3.05, 3.63) is 42.2 Å². The van der Waals surface area contributed by atoms with Crippen molar-refractivity contribution in [2.24, 2.45) is 0 Å². The maximum absolute atomic E-state index is 12.4. The summed E-state index contributed by atoms with van der Waals surface area (Å²) in [5.74, 6) is 0. The van der Waals surface area contributed by atoms with E-state index < -0.39 is 10.0 Å². The first kappa shape index (κ1) is 15.7. The zero-order chi connectivity index (χ0) is 15.7. The van der Waals surface area contributed by atoms with Gasteiger partial charge in [0.25, 0.3) is 0 Å². The Balaban J connectivity index is 2.62. The fourth-order valence-corrected chi connectivity index (χ4v) is 3.43. The predicted octanol–water partition coefficient (Wildman–Crippen LogP) is 2.47. The number of para-hydroxylation sites is 1. The molecule has 0 saturated carbocycles. The highest BCUT2D eigenvalue weighted by Gasteiger charge is 2.29. The summed E-state index contributed by atoms with van der Waals surface area (Å²) >= 11 is 0. The van der Waals surface area contributed by atoms with Crippen LogP contribution in [0.5, 0.6) is 0 Å². The highest BCUT2D eigenvalue weighted by molar-refractivity contribution is 7.89. The van der Waals surface area contributed by atoms with Gasteiger partial charge in [-0.05, 0) is 12.1 Å². The molecule has 1 aromatic heterocycles. The topological polar surface area (TPSA) is 64.0 Å². The first-order valence-electron chi connectivity index (χ1n) is 6.91. The normalized spacial score (nSPS) is 12.6. The minimum Gasteiger partial charge on any atom is -0.239 e. The summed E-state index contributed by atoms with van der Waals surface area (Å²) in [5.41, 5.74) is 1.03. The molecule has 1 N–H and O–H groups in total. The third-order valence-electron chi connectivity index (χ3n) is 3.04. The maximum atomic E-state index is 12.4. The van der Waals surface area contributed by atoms with Crippen molar-refractivity contribution < 1.29 is 8.42 Å². The van der Waals surface area contributed by atoms with Crippen molar-refractivity contribution in [2.75, 3.05) is 6.54 Å². The van der Waals surface area contributed by atoms with Crippen LogP contribution >= 0.6 is 0 Å². The van der Waals surface area contributed by atoms with Crippen LogP contribution in [0.2, 0.25) is 0 Å². The van der Waals surface area contributed by atoms with Gasteiger partial charge in [-0.2, -0.15) is 5.10 Å². The van der Waals surface area contributed by atoms with Crippen molar-refractivity contribution in [2.45, 2.75) is 38.0 Å². The number of rotatable bonds is 4. The molecule has 0 fully saturated rings. The van der Waals surface area contributed by atoms with Gasteiger partial charge in [-0.25, -0.2) is 17.8 Å². The summed E-state index contributed by atoms with van der Waals surface area (Å²) in [7, 11) is -3.54. The average molecular weight is 307 g/mol. The Labute approximate surface area is 126 Å². The van der Waals surface area contributed by atoms with Gasteiger partial charge >= 0.3 is 0 Å². The first-order valence-corrected chi connectivity index (χ1v) is 8.39.